The molecular weight excluding hydrogens is 264 g/mol. The molecule has 2 unspecified atom stereocenters. The number of hydrogen-bond donors (Lipinski definition) is 1. The second-order valence-electron chi connectivity index (χ2n) is 5.78. The van der Waals surface area contributed by atoms with Gasteiger partial charge in [-0.2, -0.15) is 4.98 Å². The van der Waals surface area contributed by atoms with Crippen molar-refractivity contribution in [3.8, 4) is 0 Å². The molecule has 2 aromatic rings. The van der Waals surface area contributed by atoms with Crippen molar-refractivity contribution >= 4 is 22.7 Å². The highest BCUT2D eigenvalue weighted by molar-refractivity contribution is 5.90. The van der Waals surface area contributed by atoms with E-state index in [0.717, 1.165) is 36.4 Å². The summed E-state index contributed by atoms with van der Waals surface area (Å²) in [6.07, 6.45) is 3.06. The van der Waals surface area contributed by atoms with Crippen molar-refractivity contribution in [1.29, 1.82) is 0 Å². The summed E-state index contributed by atoms with van der Waals surface area (Å²) in [6.45, 7) is 4.76. The number of aromatic nitrogens is 2. The van der Waals surface area contributed by atoms with Gasteiger partial charge in [-0.1, -0.05) is 12.1 Å². The Bertz CT molecular complexity index is 648. The molecule has 1 aromatic carbocycles. The highest BCUT2D eigenvalue weighted by Crippen LogP contribution is 2.32. The minimum Gasteiger partial charge on any atom is -0.371 e. The minimum atomic E-state index is 0.361. The van der Waals surface area contributed by atoms with Gasteiger partial charge in [0.25, 0.3) is 0 Å². The van der Waals surface area contributed by atoms with Crippen LogP contribution in [0.3, 0.4) is 0 Å². The van der Waals surface area contributed by atoms with Gasteiger partial charge in [0.05, 0.1) is 17.7 Å². The van der Waals surface area contributed by atoms with E-state index in [0.29, 0.717) is 18.2 Å². The third-order valence-corrected chi connectivity index (χ3v) is 4.26. The number of hydrogen-bond acceptors (Lipinski definition) is 5. The second-order valence-corrected chi connectivity index (χ2v) is 5.78. The van der Waals surface area contributed by atoms with Crippen LogP contribution in [0.15, 0.2) is 24.3 Å². The lowest BCUT2D eigenvalue weighted by atomic mass is 10.2. The quantitative estimate of drug-likeness (QED) is 0.938. The number of nitrogens with zero attached hydrogens (tertiary/aromatic N) is 3. The molecule has 0 saturated carbocycles. The van der Waals surface area contributed by atoms with Crippen molar-refractivity contribution in [2.75, 3.05) is 29.9 Å². The second kappa shape index (κ2) is 5.15. The summed E-state index contributed by atoms with van der Waals surface area (Å²) in [5.41, 5.74) is 0.997. The van der Waals surface area contributed by atoms with Crippen LogP contribution in [0.1, 0.15) is 19.8 Å². The summed E-state index contributed by atoms with van der Waals surface area (Å²) < 4.78 is 5.94. The predicted octanol–water partition coefficient (Wildman–Crippen LogP) is 2.43. The van der Waals surface area contributed by atoms with E-state index in [4.69, 9.17) is 9.72 Å². The average molecular weight is 284 g/mol. The lowest BCUT2D eigenvalue weighted by Gasteiger charge is -2.33. The molecule has 2 bridgehead atoms. The van der Waals surface area contributed by atoms with Crippen molar-refractivity contribution in [2.45, 2.75) is 32.0 Å². The Morgan fingerprint density at radius 3 is 2.71 bits per heavy atom. The maximum atomic E-state index is 5.94. The molecule has 0 radical (unpaired) electrons. The summed E-state index contributed by atoms with van der Waals surface area (Å²) in [5, 5.41) is 4.36. The molecule has 2 fully saturated rings. The fourth-order valence-corrected chi connectivity index (χ4v) is 3.33. The standard InChI is InChI=1S/C16H20N4O/c1-2-17-16-18-14-6-4-3-5-13(14)15(19-16)20-9-11-7-8-12(10-20)21-11/h3-6,11-12H,2,7-10H2,1H3,(H,17,18,19). The van der Waals surface area contributed by atoms with Crippen molar-refractivity contribution in [3.05, 3.63) is 24.3 Å². The molecule has 2 saturated heterocycles. The first-order valence-electron chi connectivity index (χ1n) is 7.74. The van der Waals surface area contributed by atoms with Crippen LogP contribution in [0, 0.1) is 0 Å². The Hall–Kier alpha value is -1.88. The van der Waals surface area contributed by atoms with Gasteiger partial charge in [-0.25, -0.2) is 4.98 Å². The number of nitrogens with one attached hydrogen (secondary N) is 1. The van der Waals surface area contributed by atoms with Gasteiger partial charge in [-0.3, -0.25) is 0 Å². The SMILES string of the molecule is CCNc1nc(N2CC3CCC(C2)O3)c2ccccc2n1. The van der Waals surface area contributed by atoms with Crippen LogP contribution < -0.4 is 10.2 Å². The van der Waals surface area contributed by atoms with Crippen LogP contribution in [0.2, 0.25) is 0 Å². The summed E-state index contributed by atoms with van der Waals surface area (Å²) in [5.74, 6) is 1.75. The Labute approximate surface area is 124 Å². The molecule has 110 valence electrons. The van der Waals surface area contributed by atoms with Crippen molar-refractivity contribution < 1.29 is 4.74 Å². The Morgan fingerprint density at radius 2 is 1.95 bits per heavy atom. The molecule has 4 rings (SSSR count). The fourth-order valence-electron chi connectivity index (χ4n) is 3.33. The molecule has 0 amide bonds. The molecule has 2 atom stereocenters. The van der Waals surface area contributed by atoms with Crippen molar-refractivity contribution in [3.63, 3.8) is 0 Å². The van der Waals surface area contributed by atoms with E-state index in [2.05, 4.69) is 40.3 Å². The van der Waals surface area contributed by atoms with Gasteiger partial charge in [0, 0.05) is 25.0 Å². The van der Waals surface area contributed by atoms with Crippen LogP contribution in [0.25, 0.3) is 10.9 Å². The molecule has 2 aliphatic rings. The number of rotatable bonds is 3. The van der Waals surface area contributed by atoms with Crippen LogP contribution >= 0.6 is 0 Å². The largest absolute Gasteiger partial charge is 0.371 e. The van der Waals surface area contributed by atoms with Gasteiger partial charge >= 0.3 is 0 Å². The number of morpholine rings is 1. The summed E-state index contributed by atoms with van der Waals surface area (Å²) in [4.78, 5) is 11.7. The van der Waals surface area contributed by atoms with Gasteiger partial charge in [-0.05, 0) is 31.9 Å². The van der Waals surface area contributed by atoms with Crippen LogP contribution in [-0.2, 0) is 4.74 Å². The summed E-state index contributed by atoms with van der Waals surface area (Å²) >= 11 is 0. The smallest absolute Gasteiger partial charge is 0.225 e. The first-order chi connectivity index (χ1) is 10.3. The Morgan fingerprint density at radius 1 is 1.19 bits per heavy atom. The zero-order valence-electron chi connectivity index (χ0n) is 12.2. The van der Waals surface area contributed by atoms with Gasteiger partial charge in [0.2, 0.25) is 5.95 Å². The van der Waals surface area contributed by atoms with Gasteiger partial charge in [-0.15, -0.1) is 0 Å². The number of anilines is 2. The van der Waals surface area contributed by atoms with Gasteiger partial charge < -0.3 is 15.0 Å². The maximum absolute atomic E-state index is 5.94. The Kier molecular flexibility index (Phi) is 3.15. The van der Waals surface area contributed by atoms with E-state index < -0.39 is 0 Å². The molecule has 3 heterocycles. The molecule has 1 N–H and O–H groups in total. The molecule has 0 aliphatic carbocycles. The maximum Gasteiger partial charge on any atom is 0.225 e. The lowest BCUT2D eigenvalue weighted by Crippen LogP contribution is -2.43. The number of para-hydroxylation sites is 1. The van der Waals surface area contributed by atoms with Gasteiger partial charge in [0.15, 0.2) is 0 Å². The number of benzene rings is 1. The van der Waals surface area contributed by atoms with Crippen molar-refractivity contribution in [1.82, 2.24) is 9.97 Å². The van der Waals surface area contributed by atoms with Crippen molar-refractivity contribution in [2.24, 2.45) is 0 Å². The molecule has 5 heteroatoms. The summed E-state index contributed by atoms with van der Waals surface area (Å²) in [7, 11) is 0. The highest BCUT2D eigenvalue weighted by atomic mass is 16.5. The molecule has 0 spiro atoms. The molecule has 1 aromatic heterocycles. The topological polar surface area (TPSA) is 50.3 Å². The third kappa shape index (κ3) is 2.31. The van der Waals surface area contributed by atoms with Crippen LogP contribution in [0.4, 0.5) is 11.8 Å². The zero-order valence-corrected chi connectivity index (χ0v) is 12.2. The molecule has 21 heavy (non-hydrogen) atoms. The third-order valence-electron chi connectivity index (χ3n) is 4.26. The number of fused-ring (bicyclic) bond motifs is 3. The van der Waals surface area contributed by atoms with E-state index >= 15 is 0 Å². The normalized spacial score (nSPS) is 24.5. The average Bonchev–Trinajstić information content (AvgIpc) is 2.85. The first-order valence-corrected chi connectivity index (χ1v) is 7.74. The van der Waals surface area contributed by atoms with E-state index in [9.17, 15) is 0 Å². The molecule has 5 nitrogen and oxygen atoms in total. The van der Waals surface area contributed by atoms with E-state index in [1.165, 1.54) is 12.8 Å². The predicted molar refractivity (Wildman–Crippen MR) is 83.8 cm³/mol. The highest BCUT2D eigenvalue weighted by Gasteiger charge is 2.34. The van der Waals surface area contributed by atoms with Crippen LogP contribution in [-0.4, -0.2) is 41.8 Å². The molecular formula is C16H20N4O. The van der Waals surface area contributed by atoms with E-state index in [1.807, 2.05) is 6.07 Å². The zero-order chi connectivity index (χ0) is 14.2. The van der Waals surface area contributed by atoms with Crippen LogP contribution in [0.5, 0.6) is 0 Å². The lowest BCUT2D eigenvalue weighted by molar-refractivity contribution is 0.0303. The summed E-state index contributed by atoms with van der Waals surface area (Å²) in [6, 6.07) is 8.24. The molecule has 2 aliphatic heterocycles. The fraction of sp³-hybridized carbons (Fsp3) is 0.500. The Balaban J connectivity index is 1.78. The van der Waals surface area contributed by atoms with E-state index in [1.54, 1.807) is 0 Å². The van der Waals surface area contributed by atoms with Gasteiger partial charge in [0.1, 0.15) is 5.82 Å². The van der Waals surface area contributed by atoms with E-state index in [-0.39, 0.29) is 0 Å². The first kappa shape index (κ1) is 12.8. The minimum absolute atomic E-state index is 0.361. The number of ether oxygens (including phenoxy) is 1. The monoisotopic (exact) mass is 284 g/mol.